The van der Waals surface area contributed by atoms with Gasteiger partial charge in [0.1, 0.15) is 0 Å². The summed E-state index contributed by atoms with van der Waals surface area (Å²) in [5, 5.41) is 8.44. The third-order valence-electron chi connectivity index (χ3n) is 3.49. The number of benzene rings is 1. The molecule has 1 fully saturated rings. The molecule has 1 saturated heterocycles. The van der Waals surface area contributed by atoms with Gasteiger partial charge in [0.2, 0.25) is 0 Å². The van der Waals surface area contributed by atoms with E-state index in [-0.39, 0.29) is 0 Å². The monoisotopic (exact) mass is 243 g/mol. The van der Waals surface area contributed by atoms with E-state index in [0.29, 0.717) is 6.04 Å². The van der Waals surface area contributed by atoms with Crippen LogP contribution in [0.4, 0.5) is 11.4 Å². The van der Waals surface area contributed by atoms with Crippen LogP contribution in [-0.2, 0) is 0 Å². The maximum atomic E-state index is 5.70. The molecule has 0 atom stereocenters. The zero-order valence-electron chi connectivity index (χ0n) is 10.2. The van der Waals surface area contributed by atoms with Crippen LogP contribution in [0.2, 0.25) is 0 Å². The summed E-state index contributed by atoms with van der Waals surface area (Å²) in [6, 6.07) is 8.52. The molecule has 0 radical (unpaired) electrons. The van der Waals surface area contributed by atoms with Gasteiger partial charge >= 0.3 is 0 Å². The summed E-state index contributed by atoms with van der Waals surface area (Å²) in [6.07, 6.45) is 5.65. The van der Waals surface area contributed by atoms with Crippen LogP contribution in [-0.4, -0.2) is 28.1 Å². The van der Waals surface area contributed by atoms with E-state index in [9.17, 15) is 0 Å². The van der Waals surface area contributed by atoms with Gasteiger partial charge in [0.05, 0.1) is 18.4 Å². The van der Waals surface area contributed by atoms with E-state index in [1.54, 1.807) is 12.4 Å². The maximum Gasteiger partial charge on any atom is 0.0750 e. The lowest BCUT2D eigenvalue weighted by molar-refractivity contribution is 0.333. The molecule has 0 unspecified atom stereocenters. The minimum Gasteiger partial charge on any atom is -0.399 e. The van der Waals surface area contributed by atoms with Gasteiger partial charge < -0.3 is 10.6 Å². The molecule has 0 amide bonds. The SMILES string of the molecule is Nc1ccc(N2CCC(n3nccn3)CC2)cc1. The molecule has 0 aliphatic carbocycles. The van der Waals surface area contributed by atoms with Crippen molar-refractivity contribution in [1.29, 1.82) is 0 Å². The Morgan fingerprint density at radius 3 is 2.22 bits per heavy atom. The third-order valence-corrected chi connectivity index (χ3v) is 3.49. The molecular formula is C13H17N5. The maximum absolute atomic E-state index is 5.70. The average molecular weight is 243 g/mol. The van der Waals surface area contributed by atoms with Gasteiger partial charge in [-0.15, -0.1) is 0 Å². The van der Waals surface area contributed by atoms with Crippen LogP contribution in [0.25, 0.3) is 0 Å². The zero-order chi connectivity index (χ0) is 12.4. The molecule has 2 heterocycles. The molecule has 1 aromatic heterocycles. The van der Waals surface area contributed by atoms with E-state index in [1.165, 1.54) is 5.69 Å². The minimum atomic E-state index is 0.435. The minimum absolute atomic E-state index is 0.435. The van der Waals surface area contributed by atoms with E-state index >= 15 is 0 Å². The number of nitrogens with two attached hydrogens (primary N) is 1. The van der Waals surface area contributed by atoms with Crippen LogP contribution >= 0.6 is 0 Å². The van der Waals surface area contributed by atoms with Crippen LogP contribution < -0.4 is 10.6 Å². The second kappa shape index (κ2) is 4.68. The Kier molecular flexibility index (Phi) is 2.88. The van der Waals surface area contributed by atoms with Crippen molar-refractivity contribution in [2.45, 2.75) is 18.9 Å². The molecule has 2 aromatic rings. The number of anilines is 2. The van der Waals surface area contributed by atoms with Gasteiger partial charge in [-0.2, -0.15) is 15.0 Å². The first-order chi connectivity index (χ1) is 8.83. The van der Waals surface area contributed by atoms with Crippen LogP contribution in [0.3, 0.4) is 0 Å². The smallest absolute Gasteiger partial charge is 0.0750 e. The number of nitrogen functional groups attached to an aromatic ring is 1. The van der Waals surface area contributed by atoms with Crippen molar-refractivity contribution in [2.75, 3.05) is 23.7 Å². The first kappa shape index (κ1) is 11.1. The first-order valence-electron chi connectivity index (χ1n) is 6.29. The lowest BCUT2D eigenvalue weighted by Crippen LogP contribution is -2.35. The van der Waals surface area contributed by atoms with Gasteiger partial charge in [-0.05, 0) is 37.1 Å². The van der Waals surface area contributed by atoms with Crippen LogP contribution in [0.1, 0.15) is 18.9 Å². The Hall–Kier alpha value is -2.04. The largest absolute Gasteiger partial charge is 0.399 e. The first-order valence-corrected chi connectivity index (χ1v) is 6.29. The Morgan fingerprint density at radius 2 is 1.61 bits per heavy atom. The number of hydrogen-bond donors (Lipinski definition) is 1. The Labute approximate surface area is 106 Å². The van der Waals surface area contributed by atoms with Gasteiger partial charge in [0.25, 0.3) is 0 Å². The summed E-state index contributed by atoms with van der Waals surface area (Å²) in [5.41, 5.74) is 7.76. The van der Waals surface area contributed by atoms with Crippen molar-refractivity contribution in [3.05, 3.63) is 36.7 Å². The molecule has 5 nitrogen and oxygen atoms in total. The molecular weight excluding hydrogens is 226 g/mol. The zero-order valence-corrected chi connectivity index (χ0v) is 10.2. The molecule has 18 heavy (non-hydrogen) atoms. The summed E-state index contributed by atoms with van der Waals surface area (Å²) in [7, 11) is 0. The molecule has 94 valence electrons. The quantitative estimate of drug-likeness (QED) is 0.816. The van der Waals surface area contributed by atoms with E-state index in [1.807, 2.05) is 16.9 Å². The Balaban J connectivity index is 1.65. The van der Waals surface area contributed by atoms with E-state index < -0.39 is 0 Å². The van der Waals surface area contributed by atoms with Crippen molar-refractivity contribution < 1.29 is 0 Å². The summed E-state index contributed by atoms with van der Waals surface area (Å²) in [4.78, 5) is 4.22. The van der Waals surface area contributed by atoms with Crippen LogP contribution in [0.15, 0.2) is 36.7 Å². The Bertz CT molecular complexity index is 483. The third kappa shape index (κ3) is 2.16. The predicted octanol–water partition coefficient (Wildman–Crippen LogP) is 1.70. The molecule has 5 heteroatoms. The number of hydrogen-bond acceptors (Lipinski definition) is 4. The Morgan fingerprint density at radius 1 is 1.00 bits per heavy atom. The van der Waals surface area contributed by atoms with Crippen molar-refractivity contribution in [1.82, 2.24) is 15.0 Å². The van der Waals surface area contributed by atoms with E-state index in [2.05, 4.69) is 27.2 Å². The second-order valence-electron chi connectivity index (χ2n) is 4.66. The highest BCUT2D eigenvalue weighted by Gasteiger charge is 2.21. The average Bonchev–Trinajstić information content (AvgIpc) is 2.94. The summed E-state index contributed by atoms with van der Waals surface area (Å²) < 4.78 is 0. The fraction of sp³-hybridized carbons (Fsp3) is 0.385. The van der Waals surface area contributed by atoms with Crippen molar-refractivity contribution >= 4 is 11.4 Å². The lowest BCUT2D eigenvalue weighted by Gasteiger charge is -2.33. The normalized spacial score (nSPS) is 17.0. The summed E-state index contributed by atoms with van der Waals surface area (Å²) >= 11 is 0. The number of rotatable bonds is 2. The fourth-order valence-electron chi connectivity index (χ4n) is 2.45. The molecule has 1 aliphatic heterocycles. The van der Waals surface area contributed by atoms with Crippen molar-refractivity contribution in [3.8, 4) is 0 Å². The van der Waals surface area contributed by atoms with Crippen molar-refractivity contribution in [3.63, 3.8) is 0 Å². The summed E-state index contributed by atoms with van der Waals surface area (Å²) in [5.74, 6) is 0. The second-order valence-corrected chi connectivity index (χ2v) is 4.66. The van der Waals surface area contributed by atoms with Gasteiger partial charge in [-0.1, -0.05) is 0 Å². The fourth-order valence-corrected chi connectivity index (χ4v) is 2.45. The van der Waals surface area contributed by atoms with Gasteiger partial charge in [0, 0.05) is 24.5 Å². The molecule has 0 bridgehead atoms. The highest BCUT2D eigenvalue weighted by molar-refractivity contribution is 5.53. The highest BCUT2D eigenvalue weighted by atomic mass is 15.5. The predicted molar refractivity (Wildman–Crippen MR) is 71.4 cm³/mol. The van der Waals surface area contributed by atoms with E-state index in [0.717, 1.165) is 31.6 Å². The van der Waals surface area contributed by atoms with Crippen LogP contribution in [0.5, 0.6) is 0 Å². The van der Waals surface area contributed by atoms with E-state index in [4.69, 9.17) is 5.73 Å². The van der Waals surface area contributed by atoms with Gasteiger partial charge in [0.15, 0.2) is 0 Å². The summed E-state index contributed by atoms with van der Waals surface area (Å²) in [6.45, 7) is 2.08. The lowest BCUT2D eigenvalue weighted by atomic mass is 10.0. The standard InChI is InChI=1S/C13H17N5/c14-11-1-3-12(4-2-11)17-9-5-13(6-10-17)18-15-7-8-16-18/h1-4,7-8,13H,5-6,9-10,14H2. The topological polar surface area (TPSA) is 60.0 Å². The van der Waals surface area contributed by atoms with Gasteiger partial charge in [-0.25, -0.2) is 0 Å². The molecule has 1 aliphatic rings. The highest BCUT2D eigenvalue weighted by Crippen LogP contribution is 2.25. The van der Waals surface area contributed by atoms with Crippen molar-refractivity contribution in [2.24, 2.45) is 0 Å². The molecule has 2 N–H and O–H groups in total. The molecule has 3 rings (SSSR count). The number of aromatic nitrogens is 3. The van der Waals surface area contributed by atoms with Crippen LogP contribution in [0, 0.1) is 0 Å². The molecule has 0 spiro atoms. The molecule has 1 aromatic carbocycles. The number of piperidine rings is 1. The number of nitrogens with zero attached hydrogens (tertiary/aromatic N) is 4. The van der Waals surface area contributed by atoms with Gasteiger partial charge in [-0.3, -0.25) is 0 Å². The molecule has 0 saturated carbocycles.